The zero-order valence-electron chi connectivity index (χ0n) is 22.2. The first-order valence-corrected chi connectivity index (χ1v) is 13.6. The molecule has 0 radical (unpaired) electrons. The first-order chi connectivity index (χ1) is 17.9. The van der Waals surface area contributed by atoms with E-state index in [2.05, 4.69) is 67.3 Å². The van der Waals surface area contributed by atoms with Crippen molar-refractivity contribution in [3.63, 3.8) is 0 Å². The van der Waals surface area contributed by atoms with Crippen molar-refractivity contribution in [3.8, 4) is 11.5 Å². The van der Waals surface area contributed by atoms with E-state index in [9.17, 15) is 4.79 Å². The van der Waals surface area contributed by atoms with Crippen LogP contribution in [0.15, 0.2) is 82.6 Å². The van der Waals surface area contributed by atoms with Crippen LogP contribution in [0.25, 0.3) is 5.57 Å². The van der Waals surface area contributed by atoms with Gasteiger partial charge >= 0.3 is 5.97 Å². The Kier molecular flexibility index (Phi) is 8.49. The molecule has 37 heavy (non-hydrogen) atoms. The van der Waals surface area contributed by atoms with Crippen LogP contribution < -0.4 is 14.4 Å². The summed E-state index contributed by atoms with van der Waals surface area (Å²) in [5.41, 5.74) is 3.84. The predicted molar refractivity (Wildman–Crippen MR) is 151 cm³/mol. The molecular weight excluding hydrogens is 482 g/mol. The lowest BCUT2D eigenvalue weighted by Crippen LogP contribution is -2.42. The lowest BCUT2D eigenvalue weighted by atomic mass is 10.0. The van der Waals surface area contributed by atoms with Gasteiger partial charge in [0.2, 0.25) is 5.60 Å². The van der Waals surface area contributed by atoms with Crippen molar-refractivity contribution >= 4 is 34.7 Å². The van der Waals surface area contributed by atoms with Crippen LogP contribution in [0.3, 0.4) is 0 Å². The molecule has 0 saturated heterocycles. The predicted octanol–water partition coefficient (Wildman–Crippen LogP) is 7.90. The minimum absolute atomic E-state index is 0.326. The fraction of sp³-hybridized carbons (Fsp3) is 0.323. The lowest BCUT2D eigenvalue weighted by molar-refractivity contribution is -0.160. The SMILES string of the molecule is CCOC(=O)C(C)(CC)Oc1ccc(OC/C=C(\C)c2ccc3c(c2)N(CC)c2ccccc2S3)cc1. The number of nitrogens with zero attached hydrogens (tertiary/aromatic N) is 1. The van der Waals surface area contributed by atoms with E-state index in [1.54, 1.807) is 13.8 Å². The highest BCUT2D eigenvalue weighted by molar-refractivity contribution is 7.99. The van der Waals surface area contributed by atoms with Crippen molar-refractivity contribution in [1.82, 2.24) is 0 Å². The summed E-state index contributed by atoms with van der Waals surface area (Å²) in [5, 5.41) is 0. The number of ether oxygens (including phenoxy) is 3. The van der Waals surface area contributed by atoms with E-state index in [1.807, 2.05) is 43.0 Å². The molecule has 1 heterocycles. The summed E-state index contributed by atoms with van der Waals surface area (Å²) in [6.45, 7) is 11.4. The van der Waals surface area contributed by atoms with Crippen LogP contribution in [0.2, 0.25) is 0 Å². The molecule has 0 aromatic heterocycles. The topological polar surface area (TPSA) is 48.0 Å². The molecule has 4 rings (SSSR count). The second-order valence-electron chi connectivity index (χ2n) is 9.07. The summed E-state index contributed by atoms with van der Waals surface area (Å²) in [6.07, 6.45) is 2.61. The first-order valence-electron chi connectivity index (χ1n) is 12.8. The third-order valence-corrected chi connectivity index (χ3v) is 7.72. The van der Waals surface area contributed by atoms with E-state index >= 15 is 0 Å². The van der Waals surface area contributed by atoms with E-state index in [4.69, 9.17) is 14.2 Å². The Balaban J connectivity index is 1.40. The number of carbonyl (C=O) groups is 1. The summed E-state index contributed by atoms with van der Waals surface area (Å²) < 4.78 is 17.1. The Hall–Kier alpha value is -3.38. The molecule has 6 heteroatoms. The van der Waals surface area contributed by atoms with Gasteiger partial charge in [-0.25, -0.2) is 4.79 Å². The van der Waals surface area contributed by atoms with Gasteiger partial charge in [-0.1, -0.05) is 36.9 Å². The van der Waals surface area contributed by atoms with Gasteiger partial charge in [0.25, 0.3) is 0 Å². The Morgan fingerprint density at radius 2 is 1.65 bits per heavy atom. The van der Waals surface area contributed by atoms with Gasteiger partial charge < -0.3 is 19.1 Å². The van der Waals surface area contributed by atoms with Gasteiger partial charge in [0.15, 0.2) is 0 Å². The maximum absolute atomic E-state index is 12.3. The second kappa shape index (κ2) is 11.8. The molecular formula is C31H35NO4S. The zero-order valence-corrected chi connectivity index (χ0v) is 23.1. The largest absolute Gasteiger partial charge is 0.490 e. The number of hydrogen-bond donors (Lipinski definition) is 0. The summed E-state index contributed by atoms with van der Waals surface area (Å²) in [4.78, 5) is 17.2. The summed E-state index contributed by atoms with van der Waals surface area (Å²) in [5.74, 6) is 0.984. The molecule has 3 aromatic carbocycles. The number of fused-ring (bicyclic) bond motifs is 2. The standard InChI is InChI=1S/C31H35NO4S/c1-6-31(5,30(33)34-8-3)36-25-16-14-24(15-17-25)35-20-19-22(4)23-13-18-29-27(21-23)32(7-2)26-11-9-10-12-28(26)37-29/h9-19,21H,6-8,20H2,1-5H3/b22-19+. The highest BCUT2D eigenvalue weighted by Crippen LogP contribution is 2.48. The molecule has 3 aromatic rings. The van der Waals surface area contributed by atoms with Gasteiger partial charge in [0.1, 0.15) is 18.1 Å². The number of benzene rings is 3. The van der Waals surface area contributed by atoms with Crippen LogP contribution in [0.4, 0.5) is 11.4 Å². The van der Waals surface area contributed by atoms with Crippen LogP contribution in [-0.4, -0.2) is 31.3 Å². The van der Waals surface area contributed by atoms with Crippen molar-refractivity contribution in [2.75, 3.05) is 24.7 Å². The van der Waals surface area contributed by atoms with Crippen molar-refractivity contribution in [1.29, 1.82) is 0 Å². The minimum Gasteiger partial charge on any atom is -0.490 e. The van der Waals surface area contributed by atoms with Gasteiger partial charge in [-0.2, -0.15) is 0 Å². The van der Waals surface area contributed by atoms with Crippen molar-refractivity contribution in [3.05, 3.63) is 78.4 Å². The fourth-order valence-corrected chi connectivity index (χ4v) is 5.28. The molecule has 0 fully saturated rings. The average Bonchev–Trinajstić information content (AvgIpc) is 2.92. The lowest BCUT2D eigenvalue weighted by Gasteiger charge is -2.32. The molecule has 0 saturated carbocycles. The Bertz CT molecular complexity index is 1270. The molecule has 194 valence electrons. The van der Waals surface area contributed by atoms with Gasteiger partial charge in [-0.15, -0.1) is 0 Å². The average molecular weight is 518 g/mol. The number of carbonyl (C=O) groups excluding carboxylic acids is 1. The number of para-hydroxylation sites is 1. The highest BCUT2D eigenvalue weighted by Gasteiger charge is 2.35. The molecule has 0 bridgehead atoms. The third kappa shape index (κ3) is 5.96. The monoisotopic (exact) mass is 517 g/mol. The quantitative estimate of drug-likeness (QED) is 0.255. The Morgan fingerprint density at radius 3 is 2.35 bits per heavy atom. The Morgan fingerprint density at radius 1 is 0.946 bits per heavy atom. The highest BCUT2D eigenvalue weighted by atomic mass is 32.2. The zero-order chi connectivity index (χ0) is 26.4. The van der Waals surface area contributed by atoms with Gasteiger partial charge in [0, 0.05) is 16.3 Å². The minimum atomic E-state index is -1.01. The smallest absolute Gasteiger partial charge is 0.350 e. The summed E-state index contributed by atoms with van der Waals surface area (Å²) >= 11 is 1.83. The molecule has 5 nitrogen and oxygen atoms in total. The van der Waals surface area contributed by atoms with Crippen LogP contribution in [0.1, 0.15) is 46.6 Å². The molecule has 0 amide bonds. The van der Waals surface area contributed by atoms with Crippen LogP contribution >= 0.6 is 11.8 Å². The first kappa shape index (κ1) is 26.7. The molecule has 1 unspecified atom stereocenters. The van der Waals surface area contributed by atoms with E-state index in [0.717, 1.165) is 17.9 Å². The van der Waals surface area contributed by atoms with E-state index in [1.165, 1.54) is 26.7 Å². The molecule has 1 aliphatic rings. The molecule has 1 aliphatic heterocycles. The number of anilines is 2. The van der Waals surface area contributed by atoms with Crippen LogP contribution in [0.5, 0.6) is 11.5 Å². The van der Waals surface area contributed by atoms with E-state index in [0.29, 0.717) is 25.4 Å². The molecule has 1 atom stereocenters. The van der Waals surface area contributed by atoms with Gasteiger partial charge in [-0.05, 0) is 99.9 Å². The molecule has 0 aliphatic carbocycles. The van der Waals surface area contributed by atoms with Gasteiger partial charge in [0.05, 0.1) is 18.0 Å². The maximum Gasteiger partial charge on any atom is 0.350 e. The normalized spacial score (nSPS) is 14.3. The van der Waals surface area contributed by atoms with E-state index in [-0.39, 0.29) is 5.97 Å². The maximum atomic E-state index is 12.3. The third-order valence-electron chi connectivity index (χ3n) is 6.59. The number of esters is 1. The molecule has 0 spiro atoms. The van der Waals surface area contributed by atoms with Crippen molar-refractivity contribution in [2.24, 2.45) is 0 Å². The molecule has 0 N–H and O–H groups in total. The Labute approximate surface area is 224 Å². The second-order valence-corrected chi connectivity index (χ2v) is 10.2. The van der Waals surface area contributed by atoms with Crippen LogP contribution in [0, 0.1) is 0 Å². The fourth-order valence-electron chi connectivity index (χ4n) is 4.20. The van der Waals surface area contributed by atoms with Gasteiger partial charge in [-0.3, -0.25) is 0 Å². The number of hydrogen-bond acceptors (Lipinski definition) is 6. The number of allylic oxidation sites excluding steroid dienone is 1. The van der Waals surface area contributed by atoms with Crippen molar-refractivity contribution < 1.29 is 19.0 Å². The van der Waals surface area contributed by atoms with Crippen LogP contribution in [-0.2, 0) is 9.53 Å². The number of rotatable bonds is 10. The summed E-state index contributed by atoms with van der Waals surface area (Å²) in [6, 6.07) is 22.6. The summed E-state index contributed by atoms with van der Waals surface area (Å²) in [7, 11) is 0. The van der Waals surface area contributed by atoms with E-state index < -0.39 is 5.60 Å². The van der Waals surface area contributed by atoms with Crippen molar-refractivity contribution in [2.45, 2.75) is 56.4 Å².